The third-order valence-electron chi connectivity index (χ3n) is 3.48. The molecule has 0 aliphatic heterocycles. The summed E-state index contributed by atoms with van der Waals surface area (Å²) in [5, 5.41) is 12.9. The number of benzene rings is 1. The second kappa shape index (κ2) is 4.00. The Morgan fingerprint density at radius 3 is 2.69 bits per heavy atom. The van der Waals surface area contributed by atoms with Gasteiger partial charge in [-0.1, -0.05) is 13.8 Å². The fourth-order valence-corrected chi connectivity index (χ4v) is 2.41. The van der Waals surface area contributed by atoms with Crippen LogP contribution in [0.5, 0.6) is 0 Å². The molecule has 1 aliphatic carbocycles. The van der Waals surface area contributed by atoms with Gasteiger partial charge in [-0.3, -0.25) is 0 Å². The molecule has 0 bridgehead atoms. The van der Waals surface area contributed by atoms with Crippen LogP contribution in [0.1, 0.15) is 20.3 Å². The number of halogens is 2. The van der Waals surface area contributed by atoms with Gasteiger partial charge in [0.1, 0.15) is 5.82 Å². The van der Waals surface area contributed by atoms with Crippen molar-refractivity contribution in [3.8, 4) is 0 Å². The third-order valence-corrected chi connectivity index (χ3v) is 4.13. The molecular formula is C12H15BrFNO. The first-order valence-electron chi connectivity index (χ1n) is 5.31. The molecule has 4 heteroatoms. The first-order chi connectivity index (χ1) is 7.41. The van der Waals surface area contributed by atoms with Gasteiger partial charge in [0.2, 0.25) is 0 Å². The summed E-state index contributed by atoms with van der Waals surface area (Å²) < 4.78 is 13.6. The fraction of sp³-hybridized carbons (Fsp3) is 0.500. The maximum atomic E-state index is 12.9. The fourth-order valence-electron chi connectivity index (χ4n) is 1.94. The quantitative estimate of drug-likeness (QED) is 0.876. The Morgan fingerprint density at radius 1 is 1.50 bits per heavy atom. The zero-order valence-corrected chi connectivity index (χ0v) is 10.9. The molecule has 0 saturated heterocycles. The predicted octanol–water partition coefficient (Wildman–Crippen LogP) is 3.16. The summed E-state index contributed by atoms with van der Waals surface area (Å²) >= 11 is 3.32. The highest BCUT2D eigenvalue weighted by Gasteiger charge is 2.47. The normalized spacial score (nSPS) is 27.3. The van der Waals surface area contributed by atoms with Crippen molar-refractivity contribution in [3.63, 3.8) is 0 Å². The molecule has 0 aromatic heterocycles. The SMILES string of the molecule is CC1(C)C(O)CC1Nc1ccc(F)cc1Br. The summed E-state index contributed by atoms with van der Waals surface area (Å²) in [5.74, 6) is -0.259. The summed E-state index contributed by atoms with van der Waals surface area (Å²) in [6.07, 6.45) is 0.473. The van der Waals surface area contributed by atoms with Gasteiger partial charge < -0.3 is 10.4 Å². The average Bonchev–Trinajstić information content (AvgIpc) is 2.21. The van der Waals surface area contributed by atoms with Gasteiger partial charge in [0.15, 0.2) is 0 Å². The van der Waals surface area contributed by atoms with Gasteiger partial charge >= 0.3 is 0 Å². The average molecular weight is 288 g/mol. The van der Waals surface area contributed by atoms with Crippen molar-refractivity contribution in [2.75, 3.05) is 5.32 Å². The summed E-state index contributed by atoms with van der Waals surface area (Å²) in [6, 6.07) is 4.80. The maximum Gasteiger partial charge on any atom is 0.124 e. The lowest BCUT2D eigenvalue weighted by molar-refractivity contribution is -0.0510. The first kappa shape index (κ1) is 11.9. The van der Waals surface area contributed by atoms with E-state index in [0.29, 0.717) is 4.47 Å². The van der Waals surface area contributed by atoms with E-state index < -0.39 is 0 Å². The van der Waals surface area contributed by atoms with Crippen LogP contribution < -0.4 is 5.32 Å². The minimum atomic E-state index is -0.260. The van der Waals surface area contributed by atoms with Gasteiger partial charge in [0.25, 0.3) is 0 Å². The number of hydrogen-bond donors (Lipinski definition) is 2. The van der Waals surface area contributed by atoms with E-state index >= 15 is 0 Å². The van der Waals surface area contributed by atoms with Gasteiger partial charge in [-0.2, -0.15) is 0 Å². The van der Waals surface area contributed by atoms with Gasteiger partial charge in [-0.05, 0) is 40.5 Å². The summed E-state index contributed by atoms with van der Waals surface area (Å²) in [5.41, 5.74) is 0.736. The van der Waals surface area contributed by atoms with Crippen LogP contribution in [0.25, 0.3) is 0 Å². The number of hydrogen-bond acceptors (Lipinski definition) is 2. The smallest absolute Gasteiger partial charge is 0.124 e. The largest absolute Gasteiger partial charge is 0.392 e. The number of aliphatic hydroxyl groups excluding tert-OH is 1. The molecule has 0 amide bonds. The Balaban J connectivity index is 2.11. The molecule has 1 fully saturated rings. The molecule has 2 unspecified atom stereocenters. The Hall–Kier alpha value is -0.610. The number of rotatable bonds is 2. The molecule has 0 radical (unpaired) electrons. The van der Waals surface area contributed by atoms with Crippen LogP contribution in [0.2, 0.25) is 0 Å². The number of nitrogens with one attached hydrogen (secondary N) is 1. The highest BCUT2D eigenvalue weighted by Crippen LogP contribution is 2.42. The zero-order chi connectivity index (χ0) is 11.9. The standard InChI is InChI=1S/C12H15BrFNO/c1-12(2)10(6-11(12)16)15-9-4-3-7(14)5-8(9)13/h3-5,10-11,15-16H,6H2,1-2H3. The molecule has 1 aromatic carbocycles. The maximum absolute atomic E-state index is 12.9. The van der Waals surface area contributed by atoms with Crippen molar-refractivity contribution >= 4 is 21.6 Å². The second-order valence-electron chi connectivity index (χ2n) is 4.89. The Kier molecular flexibility index (Phi) is 2.97. The van der Waals surface area contributed by atoms with E-state index in [9.17, 15) is 9.50 Å². The minimum Gasteiger partial charge on any atom is -0.392 e. The lowest BCUT2D eigenvalue weighted by Crippen LogP contribution is -2.56. The molecule has 0 heterocycles. The van der Waals surface area contributed by atoms with Gasteiger partial charge in [-0.15, -0.1) is 0 Å². The molecular weight excluding hydrogens is 273 g/mol. The summed E-state index contributed by atoms with van der Waals surface area (Å²) in [6.45, 7) is 4.05. The van der Waals surface area contributed by atoms with E-state index in [2.05, 4.69) is 21.2 Å². The molecule has 2 nitrogen and oxygen atoms in total. The van der Waals surface area contributed by atoms with Crippen molar-refractivity contribution in [1.29, 1.82) is 0 Å². The van der Waals surface area contributed by atoms with Gasteiger partial charge in [0.05, 0.1) is 6.10 Å². The monoisotopic (exact) mass is 287 g/mol. The van der Waals surface area contributed by atoms with E-state index in [1.165, 1.54) is 12.1 Å². The molecule has 16 heavy (non-hydrogen) atoms. The van der Waals surface area contributed by atoms with Crippen molar-refractivity contribution < 1.29 is 9.50 Å². The van der Waals surface area contributed by atoms with Crippen molar-refractivity contribution in [2.45, 2.75) is 32.4 Å². The van der Waals surface area contributed by atoms with Crippen LogP contribution in [-0.2, 0) is 0 Å². The molecule has 2 rings (SSSR count). The highest BCUT2D eigenvalue weighted by molar-refractivity contribution is 9.10. The highest BCUT2D eigenvalue weighted by atomic mass is 79.9. The summed E-state index contributed by atoms with van der Waals surface area (Å²) in [7, 11) is 0. The molecule has 1 aliphatic rings. The zero-order valence-electron chi connectivity index (χ0n) is 9.30. The Bertz CT molecular complexity index is 408. The van der Waals surface area contributed by atoms with Crippen LogP contribution in [-0.4, -0.2) is 17.3 Å². The Labute approximate surface area is 103 Å². The third kappa shape index (κ3) is 1.96. The second-order valence-corrected chi connectivity index (χ2v) is 5.75. The van der Waals surface area contributed by atoms with E-state index in [1.807, 2.05) is 13.8 Å². The van der Waals surface area contributed by atoms with Crippen molar-refractivity contribution in [1.82, 2.24) is 0 Å². The molecule has 1 saturated carbocycles. The summed E-state index contributed by atoms with van der Waals surface area (Å²) in [4.78, 5) is 0. The van der Waals surface area contributed by atoms with E-state index in [1.54, 1.807) is 6.07 Å². The number of anilines is 1. The molecule has 88 valence electrons. The van der Waals surface area contributed by atoms with Gasteiger partial charge in [0, 0.05) is 21.6 Å². The first-order valence-corrected chi connectivity index (χ1v) is 6.10. The molecule has 1 aromatic rings. The molecule has 2 N–H and O–H groups in total. The van der Waals surface area contributed by atoms with Crippen LogP contribution >= 0.6 is 15.9 Å². The Morgan fingerprint density at radius 2 is 2.19 bits per heavy atom. The van der Waals surface area contributed by atoms with Crippen LogP contribution in [0.15, 0.2) is 22.7 Å². The van der Waals surface area contributed by atoms with E-state index in [0.717, 1.165) is 12.1 Å². The topological polar surface area (TPSA) is 32.3 Å². The predicted molar refractivity (Wildman–Crippen MR) is 65.9 cm³/mol. The number of aliphatic hydroxyl groups is 1. The van der Waals surface area contributed by atoms with Crippen molar-refractivity contribution in [2.24, 2.45) is 5.41 Å². The lowest BCUT2D eigenvalue weighted by atomic mass is 9.64. The minimum absolute atomic E-state index is 0.131. The molecule has 2 atom stereocenters. The lowest BCUT2D eigenvalue weighted by Gasteiger charge is -2.50. The van der Waals surface area contributed by atoms with Crippen LogP contribution in [0.3, 0.4) is 0 Å². The van der Waals surface area contributed by atoms with Gasteiger partial charge in [-0.25, -0.2) is 4.39 Å². The van der Waals surface area contributed by atoms with E-state index in [-0.39, 0.29) is 23.4 Å². The molecule has 0 spiro atoms. The van der Waals surface area contributed by atoms with Crippen molar-refractivity contribution in [3.05, 3.63) is 28.5 Å². The van der Waals surface area contributed by atoms with Crippen LogP contribution in [0, 0.1) is 11.2 Å². The van der Waals surface area contributed by atoms with Crippen LogP contribution in [0.4, 0.5) is 10.1 Å². The van der Waals surface area contributed by atoms with E-state index in [4.69, 9.17) is 0 Å².